The van der Waals surface area contributed by atoms with Gasteiger partial charge in [0.2, 0.25) is 0 Å². The van der Waals surface area contributed by atoms with Crippen LogP contribution in [-0.4, -0.2) is 79.3 Å². The van der Waals surface area contributed by atoms with Crippen LogP contribution in [0.25, 0.3) is 0 Å². The highest BCUT2D eigenvalue weighted by Gasteiger charge is 2.38. The van der Waals surface area contributed by atoms with Gasteiger partial charge in [-0.2, -0.15) is 0 Å². The first kappa shape index (κ1) is 78.4. The van der Waals surface area contributed by atoms with Crippen LogP contribution >= 0.6 is 46.9 Å². The van der Waals surface area contributed by atoms with Crippen molar-refractivity contribution in [2.45, 2.75) is 122 Å². The van der Waals surface area contributed by atoms with Crippen molar-refractivity contribution in [1.29, 1.82) is 0 Å². The molecule has 1 aliphatic rings. The third-order valence-corrected chi connectivity index (χ3v) is 23.3. The van der Waals surface area contributed by atoms with E-state index in [0.717, 1.165) is 0 Å². The van der Waals surface area contributed by atoms with Crippen molar-refractivity contribution in [2.75, 3.05) is 79.3 Å². The zero-order chi connectivity index (χ0) is 69.6. The lowest BCUT2D eigenvalue weighted by Gasteiger charge is -2.26. The third kappa shape index (κ3) is 21.0. The maximum absolute atomic E-state index is 14.9. The van der Waals surface area contributed by atoms with Gasteiger partial charge in [-0.3, -0.25) is 54.3 Å². The van der Waals surface area contributed by atoms with E-state index in [4.69, 9.17) is 81.4 Å². The number of hydrogen-bond donors (Lipinski definition) is 0. The molecule has 7 rings (SSSR count). The lowest BCUT2D eigenvalue weighted by molar-refractivity contribution is 0.165. The molecule has 6 aromatic rings. The smallest absolute Gasteiger partial charge is 0.403 e. The van der Waals surface area contributed by atoms with Gasteiger partial charge in [0.05, 0.1) is 79.3 Å². The van der Waals surface area contributed by atoms with E-state index in [-0.39, 0.29) is 152 Å². The van der Waals surface area contributed by atoms with E-state index in [1.807, 2.05) is 0 Å². The Morgan fingerprint density at radius 3 is 0.375 bits per heavy atom. The molecule has 0 aromatic heterocycles. The normalized spacial score (nSPS) is 13.4. The lowest BCUT2D eigenvalue weighted by Crippen LogP contribution is -2.11. The molecule has 0 spiro atoms. The summed E-state index contributed by atoms with van der Waals surface area (Å²) in [6.45, 7) is 19.0. The Bertz CT molecular complexity index is 3030. The summed E-state index contributed by atoms with van der Waals surface area (Å²) in [5, 5.41) is 0. The molecule has 0 heterocycles. The molecule has 0 atom stereocenters. The van der Waals surface area contributed by atoms with Crippen LogP contribution in [0.1, 0.15) is 150 Å². The summed E-state index contributed by atoms with van der Waals surface area (Å²) in [7, 11) is -26.7. The molecule has 0 saturated heterocycles. The first-order chi connectivity index (χ1) is 46.1. The van der Waals surface area contributed by atoms with E-state index in [1.165, 1.54) is 0 Å². The van der Waals surface area contributed by atoms with Crippen molar-refractivity contribution in [2.24, 2.45) is 0 Å². The Balaban J connectivity index is 1.66. The van der Waals surface area contributed by atoms with Gasteiger partial charge in [0, 0.05) is 38.5 Å². The van der Waals surface area contributed by atoms with E-state index in [2.05, 4.69) is 0 Å². The van der Waals surface area contributed by atoms with E-state index in [1.54, 1.807) is 192 Å². The molecule has 0 amide bonds. The standard InChI is InChI=1S/C66H90O24P6/c1-13-73-91(67,74-14-2)85-61-49-31-25-32-50(61)44-52-34-27-36-54(63(52)87-93(69,77-17-5)78-18-6)46-56-38-29-40-58(65(56)89-95(71,81-21-9)82-22-10)48-60-42-30-41-59(66(60)90-96(72,83-23-11)84-24-12)47-57-39-28-37-55(64(57)88-94(70,79-19-7)80-20-8)45-53-35-26-33-51(43-49)62(53)86-92(68,75-15-3)76-16-4/h25-42H,13-24,43-48H2,1-12H3. The summed E-state index contributed by atoms with van der Waals surface area (Å²) in [4.78, 5) is 0. The predicted octanol–water partition coefficient (Wildman–Crippen LogP) is 18.9. The van der Waals surface area contributed by atoms with Gasteiger partial charge >= 0.3 is 46.9 Å². The molecule has 0 N–H and O–H groups in total. The maximum Gasteiger partial charge on any atom is 0.530 e. The number of fused-ring (bicyclic) bond motifs is 12. The topological polar surface area (TPSA) is 269 Å². The summed E-state index contributed by atoms with van der Waals surface area (Å²) in [6.07, 6.45) is -0.486. The Hall–Kier alpha value is -4.98. The molecular weight excluding hydrogens is 1360 g/mol. The highest BCUT2D eigenvalue weighted by Crippen LogP contribution is 2.59. The second-order valence-corrected chi connectivity index (χ2v) is 30.3. The van der Waals surface area contributed by atoms with E-state index in [9.17, 15) is 27.4 Å². The van der Waals surface area contributed by atoms with Gasteiger partial charge in [-0.05, 0) is 150 Å². The molecule has 0 fully saturated rings. The fourth-order valence-corrected chi connectivity index (χ4v) is 18.2. The molecule has 6 aromatic carbocycles. The lowest BCUT2D eigenvalue weighted by atomic mass is 9.91. The van der Waals surface area contributed by atoms with Crippen LogP contribution in [0.5, 0.6) is 34.5 Å². The monoisotopic (exact) mass is 1450 g/mol. The van der Waals surface area contributed by atoms with Crippen LogP contribution in [0, 0.1) is 0 Å². The zero-order valence-electron chi connectivity index (χ0n) is 56.6. The molecule has 0 unspecified atom stereocenters. The SMILES string of the molecule is CCOP(=O)(OCC)Oc1c2cccc1Cc1cccc(c1OP(=O)(OCC)OCC)Cc1cccc(c1OP(=O)(OCC)OCC)Cc1cccc(c1OP(=O)(OCC)OCC)Cc1cccc(c1OP(=O)(OCC)OCC)Cc1cccc(c1OP(=O)(OCC)OCC)C2. The van der Waals surface area contributed by atoms with Crippen LogP contribution in [0.3, 0.4) is 0 Å². The average Bonchev–Trinajstić information content (AvgIpc) is 0.789. The molecule has 0 aliphatic heterocycles. The number of phosphoric ester groups is 6. The first-order valence-corrected chi connectivity index (χ1v) is 41.0. The zero-order valence-corrected chi connectivity index (χ0v) is 62.0. The molecule has 0 saturated carbocycles. The van der Waals surface area contributed by atoms with Crippen LogP contribution in [-0.2, 0) is 120 Å². The Labute approximate surface area is 564 Å². The Morgan fingerprint density at radius 1 is 0.198 bits per heavy atom. The van der Waals surface area contributed by atoms with Crippen molar-refractivity contribution < 1.29 is 109 Å². The van der Waals surface area contributed by atoms with Gasteiger partial charge in [-0.1, -0.05) is 109 Å². The van der Waals surface area contributed by atoms with Crippen LogP contribution in [0.2, 0.25) is 0 Å². The minimum absolute atomic E-state index is 0.0582. The van der Waals surface area contributed by atoms with E-state index in [0.29, 0.717) is 66.8 Å². The van der Waals surface area contributed by atoms with Crippen molar-refractivity contribution in [3.05, 3.63) is 176 Å². The van der Waals surface area contributed by atoms with Crippen molar-refractivity contribution in [3.8, 4) is 34.5 Å². The van der Waals surface area contributed by atoms with Gasteiger partial charge in [-0.25, -0.2) is 27.4 Å². The van der Waals surface area contributed by atoms with Gasteiger partial charge in [0.1, 0.15) is 34.5 Å². The van der Waals surface area contributed by atoms with E-state index >= 15 is 0 Å². The summed E-state index contributed by atoms with van der Waals surface area (Å²) in [6, 6.07) is 31.6. The fourth-order valence-electron chi connectivity index (χ4n) is 10.5. The molecule has 0 radical (unpaired) electrons. The average molecular weight is 1450 g/mol. The molecular formula is C66H90O24P6. The summed E-state index contributed by atoms with van der Waals surface area (Å²) < 4.78 is 198. The van der Waals surface area contributed by atoms with Crippen molar-refractivity contribution in [1.82, 2.24) is 0 Å². The minimum atomic E-state index is -4.44. The molecule has 528 valence electrons. The van der Waals surface area contributed by atoms with Gasteiger partial charge in [-0.15, -0.1) is 0 Å². The van der Waals surface area contributed by atoms with E-state index < -0.39 is 46.9 Å². The molecule has 1 aliphatic carbocycles. The largest absolute Gasteiger partial charge is 0.530 e. The first-order valence-electron chi connectivity index (χ1n) is 32.3. The molecule has 30 heteroatoms. The van der Waals surface area contributed by atoms with Gasteiger partial charge in [0.15, 0.2) is 0 Å². The number of rotatable bonds is 36. The Morgan fingerprint density at radius 2 is 0.292 bits per heavy atom. The summed E-state index contributed by atoms with van der Waals surface area (Å²) in [5.41, 5.74) is 4.89. The summed E-state index contributed by atoms with van der Waals surface area (Å²) in [5.74, 6) is 0.349. The number of phosphoric acid groups is 6. The third-order valence-electron chi connectivity index (χ3n) is 14.0. The van der Waals surface area contributed by atoms with Crippen molar-refractivity contribution >= 4 is 46.9 Å². The van der Waals surface area contributed by atoms with Crippen LogP contribution in [0.15, 0.2) is 109 Å². The van der Waals surface area contributed by atoms with Crippen LogP contribution in [0.4, 0.5) is 0 Å². The fraction of sp³-hybridized carbons (Fsp3) is 0.455. The highest BCUT2D eigenvalue weighted by atomic mass is 31.2. The number of benzene rings is 6. The van der Waals surface area contributed by atoms with Crippen molar-refractivity contribution in [3.63, 3.8) is 0 Å². The number of hydrogen-bond acceptors (Lipinski definition) is 24. The molecule has 24 nitrogen and oxygen atoms in total. The quantitative estimate of drug-likeness (QED) is 0.0330. The number of para-hydroxylation sites is 6. The summed E-state index contributed by atoms with van der Waals surface area (Å²) >= 11 is 0. The van der Waals surface area contributed by atoms with Gasteiger partial charge in [0.25, 0.3) is 0 Å². The van der Waals surface area contributed by atoms with Gasteiger partial charge < -0.3 is 27.1 Å². The highest BCUT2D eigenvalue weighted by molar-refractivity contribution is 7.50. The minimum Gasteiger partial charge on any atom is -0.403 e. The molecule has 96 heavy (non-hydrogen) atoms. The maximum atomic E-state index is 14.9. The Kier molecular flexibility index (Phi) is 30.1. The molecule has 12 bridgehead atoms. The van der Waals surface area contributed by atoms with Crippen LogP contribution < -0.4 is 27.1 Å². The second-order valence-electron chi connectivity index (χ2n) is 20.7. The second kappa shape index (κ2) is 36.9. The predicted molar refractivity (Wildman–Crippen MR) is 364 cm³/mol.